The summed E-state index contributed by atoms with van der Waals surface area (Å²) in [6.45, 7) is 0. The van der Waals surface area contributed by atoms with E-state index in [9.17, 15) is 43.9 Å². The Bertz CT molecular complexity index is 264. The molecule has 0 bridgehead atoms. The molecule has 0 amide bonds. The van der Waals surface area contributed by atoms with Crippen LogP contribution in [0.4, 0.5) is 43.9 Å². The second-order valence-corrected chi connectivity index (χ2v) is 2.81. The summed E-state index contributed by atoms with van der Waals surface area (Å²) in [5, 5.41) is 14.9. The SMILES string of the molecule is OC(O)(F)C(F)(F)C(F)(F)C(F)(F)C(F)(F)F.[CsH]. The molecular formula is C5H3CsF10O2. The Balaban J connectivity index is 0. The zero-order valence-electron chi connectivity index (χ0n) is 7.17. The maximum absolute atomic E-state index is 12.2. The fraction of sp³-hybridized carbons (Fsp3) is 1.00. The van der Waals surface area contributed by atoms with E-state index >= 15 is 0 Å². The summed E-state index contributed by atoms with van der Waals surface area (Å²) in [6, 6.07) is -6.26. The van der Waals surface area contributed by atoms with Crippen LogP contribution in [0.15, 0.2) is 0 Å². The van der Waals surface area contributed by atoms with E-state index in [0.29, 0.717) is 0 Å². The van der Waals surface area contributed by atoms with Gasteiger partial charge in [0.1, 0.15) is 0 Å². The van der Waals surface area contributed by atoms with Crippen LogP contribution in [-0.2, 0) is 0 Å². The zero-order valence-corrected chi connectivity index (χ0v) is 7.17. The second kappa shape index (κ2) is 5.57. The molecule has 13 heteroatoms. The van der Waals surface area contributed by atoms with Gasteiger partial charge in [-0.2, -0.15) is 43.9 Å². The number of aliphatic hydroxyl groups is 2. The molecule has 0 spiro atoms. The van der Waals surface area contributed by atoms with Crippen LogP contribution in [0.5, 0.6) is 0 Å². The van der Waals surface area contributed by atoms with Gasteiger partial charge < -0.3 is 10.2 Å². The Kier molecular flexibility index (Phi) is 6.68. The third kappa shape index (κ3) is 3.29. The number of hydrogen-bond acceptors (Lipinski definition) is 2. The summed E-state index contributed by atoms with van der Waals surface area (Å²) in [5.74, 6) is -21.9. The molecule has 0 aromatic rings. The first-order chi connectivity index (χ1) is 7.00. The van der Waals surface area contributed by atoms with E-state index in [1.54, 1.807) is 0 Å². The summed E-state index contributed by atoms with van der Waals surface area (Å²) >= 11 is 0. The fourth-order valence-corrected chi connectivity index (χ4v) is 0.575. The summed E-state index contributed by atoms with van der Waals surface area (Å²) in [7, 11) is 0. The van der Waals surface area contributed by atoms with Crippen molar-refractivity contribution in [2.24, 2.45) is 0 Å². The minimum atomic E-state index is -7.41. The van der Waals surface area contributed by atoms with Gasteiger partial charge in [-0.05, 0) is 0 Å². The number of halogens is 10. The molecule has 0 saturated carbocycles. The van der Waals surface area contributed by atoms with Gasteiger partial charge in [-0.1, -0.05) is 0 Å². The van der Waals surface area contributed by atoms with Crippen LogP contribution in [-0.4, -0.2) is 109 Å². The van der Waals surface area contributed by atoms with Crippen molar-refractivity contribution in [1.29, 1.82) is 0 Å². The maximum atomic E-state index is 12.2. The van der Waals surface area contributed by atoms with Gasteiger partial charge in [0.2, 0.25) is 0 Å². The molecule has 0 atom stereocenters. The van der Waals surface area contributed by atoms with Crippen molar-refractivity contribution >= 4 is 68.9 Å². The molecule has 2 N–H and O–H groups in total. The number of hydrogen-bond donors (Lipinski definition) is 2. The van der Waals surface area contributed by atoms with Crippen LogP contribution in [0.3, 0.4) is 0 Å². The van der Waals surface area contributed by atoms with Gasteiger partial charge >= 0.3 is 98.9 Å². The quantitative estimate of drug-likeness (QED) is 0.538. The number of rotatable bonds is 3. The van der Waals surface area contributed by atoms with Gasteiger partial charge in [-0.15, -0.1) is 0 Å². The first-order valence-corrected chi connectivity index (χ1v) is 3.34. The molecule has 0 aliphatic carbocycles. The van der Waals surface area contributed by atoms with Crippen molar-refractivity contribution in [2.45, 2.75) is 30.0 Å². The molecule has 0 aromatic heterocycles. The van der Waals surface area contributed by atoms with E-state index in [0.717, 1.165) is 0 Å². The van der Waals surface area contributed by atoms with Gasteiger partial charge in [-0.25, -0.2) is 0 Å². The van der Waals surface area contributed by atoms with Gasteiger partial charge in [0.15, 0.2) is 0 Å². The molecule has 0 aromatic carbocycles. The zero-order chi connectivity index (χ0) is 14.5. The van der Waals surface area contributed by atoms with Crippen molar-refractivity contribution in [3.8, 4) is 0 Å². The molecule has 0 heterocycles. The predicted molar refractivity (Wildman–Crippen MR) is 36.3 cm³/mol. The van der Waals surface area contributed by atoms with Gasteiger partial charge in [-0.3, -0.25) is 0 Å². The van der Waals surface area contributed by atoms with E-state index in [2.05, 4.69) is 0 Å². The van der Waals surface area contributed by atoms with E-state index in [-0.39, 0.29) is 68.9 Å². The summed E-state index contributed by atoms with van der Waals surface area (Å²) < 4.78 is 119. The fourth-order valence-electron chi connectivity index (χ4n) is 0.575. The summed E-state index contributed by atoms with van der Waals surface area (Å²) in [5.41, 5.74) is 0. The van der Waals surface area contributed by atoms with Crippen molar-refractivity contribution in [2.75, 3.05) is 0 Å². The van der Waals surface area contributed by atoms with E-state index < -0.39 is 30.0 Å². The molecule has 18 heavy (non-hydrogen) atoms. The van der Waals surface area contributed by atoms with Crippen LogP contribution >= 0.6 is 0 Å². The molecule has 0 fully saturated rings. The first-order valence-electron chi connectivity index (χ1n) is 3.34. The average Bonchev–Trinajstić information content (AvgIpc) is 1.98. The Morgan fingerprint density at radius 2 is 0.778 bits per heavy atom. The van der Waals surface area contributed by atoms with Gasteiger partial charge in [0, 0.05) is 0 Å². The Morgan fingerprint density at radius 1 is 0.500 bits per heavy atom. The van der Waals surface area contributed by atoms with Crippen molar-refractivity contribution < 1.29 is 54.1 Å². The molecule has 0 saturated heterocycles. The van der Waals surface area contributed by atoms with Gasteiger partial charge in [0.25, 0.3) is 0 Å². The molecule has 2 nitrogen and oxygen atoms in total. The van der Waals surface area contributed by atoms with Gasteiger partial charge in [0.05, 0.1) is 0 Å². The molecule has 0 radical (unpaired) electrons. The van der Waals surface area contributed by atoms with Crippen molar-refractivity contribution in [1.82, 2.24) is 0 Å². The molecule has 0 aliphatic rings. The van der Waals surface area contributed by atoms with Crippen LogP contribution in [0.25, 0.3) is 0 Å². The van der Waals surface area contributed by atoms with Crippen LogP contribution in [0, 0.1) is 0 Å². The number of alkyl halides is 10. The molecule has 0 aliphatic heterocycles. The van der Waals surface area contributed by atoms with E-state index in [4.69, 9.17) is 10.2 Å². The topological polar surface area (TPSA) is 40.5 Å². The van der Waals surface area contributed by atoms with Crippen molar-refractivity contribution in [3.63, 3.8) is 0 Å². The van der Waals surface area contributed by atoms with Crippen LogP contribution < -0.4 is 0 Å². The molecular weight excluding hydrogens is 415 g/mol. The Labute approximate surface area is 151 Å². The normalized spacial score (nSPS) is 15.3. The average molecular weight is 418 g/mol. The van der Waals surface area contributed by atoms with E-state index in [1.807, 2.05) is 0 Å². The molecule has 0 rings (SSSR count). The van der Waals surface area contributed by atoms with Crippen molar-refractivity contribution in [3.05, 3.63) is 0 Å². The standard InChI is InChI=1S/C5H2F10O2.Cs.H/c6-1(7,2(8,9)4(12,13)14)3(10,11)5(15,16)17;;/h16-17H;;. The monoisotopic (exact) mass is 418 g/mol. The third-order valence-corrected chi connectivity index (χ3v) is 1.54. The summed E-state index contributed by atoms with van der Waals surface area (Å²) in [6.07, 6.45) is -7.15. The second-order valence-electron chi connectivity index (χ2n) is 2.81. The Hall–Kier alpha value is 1.27. The first kappa shape index (κ1) is 21.6. The van der Waals surface area contributed by atoms with E-state index in [1.165, 1.54) is 0 Å². The predicted octanol–water partition coefficient (Wildman–Crippen LogP) is 1.41. The van der Waals surface area contributed by atoms with Crippen LogP contribution in [0.2, 0.25) is 0 Å². The molecule has 0 unspecified atom stereocenters. The van der Waals surface area contributed by atoms with Crippen LogP contribution in [0.1, 0.15) is 0 Å². The minimum absolute atomic E-state index is 0. The summed E-state index contributed by atoms with van der Waals surface area (Å²) in [4.78, 5) is 0. The Morgan fingerprint density at radius 3 is 0.944 bits per heavy atom. The molecule has 106 valence electrons. The third-order valence-electron chi connectivity index (χ3n) is 1.54.